The number of hydrogen-bond donors (Lipinski definition) is 1. The zero-order valence-electron chi connectivity index (χ0n) is 12.3. The van der Waals surface area contributed by atoms with Crippen LogP contribution in [0.3, 0.4) is 0 Å². The first-order valence-electron chi connectivity index (χ1n) is 7.18. The zero-order chi connectivity index (χ0) is 14.1. The van der Waals surface area contributed by atoms with Gasteiger partial charge >= 0.3 is 0 Å². The molecule has 0 bridgehead atoms. The summed E-state index contributed by atoms with van der Waals surface area (Å²) in [5.74, 6) is 1.54. The third-order valence-corrected chi connectivity index (χ3v) is 3.13. The van der Waals surface area contributed by atoms with Gasteiger partial charge in [-0.3, -0.25) is 0 Å². The van der Waals surface area contributed by atoms with Gasteiger partial charge in [-0.15, -0.1) is 0 Å². The number of ether oxygens (including phenoxy) is 1. The van der Waals surface area contributed by atoms with Gasteiger partial charge in [-0.05, 0) is 19.3 Å². The standard InChI is InChI=1S/C14H26N4O/c1-4-9-19-14-10-13(16-11-17-14)18(8-7-15)12(5-2)6-3/h10-12H,4-9,15H2,1-3H3. The maximum Gasteiger partial charge on any atom is 0.218 e. The van der Waals surface area contributed by atoms with E-state index >= 15 is 0 Å². The number of nitrogens with two attached hydrogens (primary N) is 1. The summed E-state index contributed by atoms with van der Waals surface area (Å²) in [6.45, 7) is 8.55. The molecule has 108 valence electrons. The molecule has 0 atom stereocenters. The van der Waals surface area contributed by atoms with E-state index in [2.05, 4.69) is 35.6 Å². The monoisotopic (exact) mass is 266 g/mol. The summed E-state index contributed by atoms with van der Waals surface area (Å²) in [5, 5.41) is 0. The fraction of sp³-hybridized carbons (Fsp3) is 0.714. The van der Waals surface area contributed by atoms with Crippen LogP contribution in [0.2, 0.25) is 0 Å². The van der Waals surface area contributed by atoms with Crippen LogP contribution in [0.4, 0.5) is 5.82 Å². The van der Waals surface area contributed by atoms with Crippen molar-refractivity contribution < 1.29 is 4.74 Å². The van der Waals surface area contributed by atoms with E-state index in [1.54, 1.807) is 6.33 Å². The Morgan fingerprint density at radius 1 is 1.26 bits per heavy atom. The molecule has 0 aliphatic rings. The molecule has 2 N–H and O–H groups in total. The lowest BCUT2D eigenvalue weighted by Crippen LogP contribution is -2.38. The molecule has 19 heavy (non-hydrogen) atoms. The normalized spacial score (nSPS) is 10.8. The molecule has 0 aliphatic carbocycles. The van der Waals surface area contributed by atoms with E-state index in [1.807, 2.05) is 6.07 Å². The molecule has 1 aromatic rings. The molecular formula is C14H26N4O. The number of anilines is 1. The Morgan fingerprint density at radius 3 is 2.58 bits per heavy atom. The van der Waals surface area contributed by atoms with E-state index in [0.29, 0.717) is 25.1 Å². The highest BCUT2D eigenvalue weighted by molar-refractivity contribution is 5.42. The van der Waals surface area contributed by atoms with E-state index in [0.717, 1.165) is 31.6 Å². The summed E-state index contributed by atoms with van der Waals surface area (Å²) in [4.78, 5) is 10.8. The third-order valence-electron chi connectivity index (χ3n) is 3.13. The van der Waals surface area contributed by atoms with Gasteiger partial charge in [-0.1, -0.05) is 20.8 Å². The van der Waals surface area contributed by atoms with Gasteiger partial charge in [-0.2, -0.15) is 0 Å². The molecule has 0 fully saturated rings. The summed E-state index contributed by atoms with van der Waals surface area (Å²) in [7, 11) is 0. The molecule has 0 unspecified atom stereocenters. The van der Waals surface area contributed by atoms with E-state index in [9.17, 15) is 0 Å². The molecule has 1 heterocycles. The lowest BCUT2D eigenvalue weighted by Gasteiger charge is -2.31. The van der Waals surface area contributed by atoms with Gasteiger partial charge in [-0.25, -0.2) is 9.97 Å². The molecule has 1 rings (SSSR count). The Bertz CT molecular complexity index is 355. The largest absolute Gasteiger partial charge is 0.478 e. The van der Waals surface area contributed by atoms with Crippen LogP contribution in [-0.2, 0) is 0 Å². The summed E-state index contributed by atoms with van der Waals surface area (Å²) >= 11 is 0. The van der Waals surface area contributed by atoms with Gasteiger partial charge in [0.15, 0.2) is 0 Å². The minimum absolute atomic E-state index is 0.456. The van der Waals surface area contributed by atoms with Gasteiger partial charge in [0.2, 0.25) is 5.88 Å². The van der Waals surface area contributed by atoms with Crippen LogP contribution in [0.25, 0.3) is 0 Å². The van der Waals surface area contributed by atoms with E-state index in [-0.39, 0.29) is 0 Å². The van der Waals surface area contributed by atoms with Gasteiger partial charge in [0, 0.05) is 25.2 Å². The quantitative estimate of drug-likeness (QED) is 0.742. The minimum Gasteiger partial charge on any atom is -0.478 e. The van der Waals surface area contributed by atoms with Gasteiger partial charge in [0.1, 0.15) is 12.1 Å². The van der Waals surface area contributed by atoms with Crippen molar-refractivity contribution in [1.29, 1.82) is 0 Å². The summed E-state index contributed by atoms with van der Waals surface area (Å²) in [6.07, 6.45) is 4.68. The second-order valence-electron chi connectivity index (χ2n) is 4.52. The van der Waals surface area contributed by atoms with Crippen LogP contribution in [-0.4, -0.2) is 35.7 Å². The fourth-order valence-corrected chi connectivity index (χ4v) is 2.13. The number of rotatable bonds is 9. The van der Waals surface area contributed by atoms with Crippen molar-refractivity contribution in [1.82, 2.24) is 9.97 Å². The molecule has 0 saturated heterocycles. The average molecular weight is 266 g/mol. The molecule has 0 spiro atoms. The Balaban J connectivity index is 2.88. The zero-order valence-corrected chi connectivity index (χ0v) is 12.3. The molecular weight excluding hydrogens is 240 g/mol. The lowest BCUT2D eigenvalue weighted by molar-refractivity contribution is 0.304. The number of hydrogen-bond acceptors (Lipinski definition) is 5. The second kappa shape index (κ2) is 8.69. The van der Waals surface area contributed by atoms with E-state index < -0.39 is 0 Å². The average Bonchev–Trinajstić information content (AvgIpc) is 2.45. The Morgan fingerprint density at radius 2 is 2.00 bits per heavy atom. The minimum atomic E-state index is 0.456. The first-order valence-corrected chi connectivity index (χ1v) is 7.18. The van der Waals surface area contributed by atoms with Crippen LogP contribution in [0.15, 0.2) is 12.4 Å². The molecule has 0 saturated carbocycles. The first kappa shape index (κ1) is 15.7. The smallest absolute Gasteiger partial charge is 0.218 e. The predicted octanol–water partition coefficient (Wildman–Crippen LogP) is 2.22. The van der Waals surface area contributed by atoms with Crippen LogP contribution in [0.1, 0.15) is 40.0 Å². The summed E-state index contributed by atoms with van der Waals surface area (Å²) in [6, 6.07) is 2.36. The maximum atomic E-state index is 5.72. The Hall–Kier alpha value is -1.36. The van der Waals surface area contributed by atoms with Crippen LogP contribution < -0.4 is 15.4 Å². The van der Waals surface area contributed by atoms with Crippen molar-refractivity contribution in [3.05, 3.63) is 12.4 Å². The molecule has 0 amide bonds. The summed E-state index contributed by atoms with van der Waals surface area (Å²) < 4.78 is 5.56. The highest BCUT2D eigenvalue weighted by Gasteiger charge is 2.17. The van der Waals surface area contributed by atoms with Crippen molar-refractivity contribution >= 4 is 5.82 Å². The fourth-order valence-electron chi connectivity index (χ4n) is 2.13. The van der Waals surface area contributed by atoms with Gasteiger partial charge in [0.25, 0.3) is 0 Å². The lowest BCUT2D eigenvalue weighted by atomic mass is 10.1. The topological polar surface area (TPSA) is 64.3 Å². The highest BCUT2D eigenvalue weighted by Crippen LogP contribution is 2.20. The van der Waals surface area contributed by atoms with Crippen molar-refractivity contribution in [2.75, 3.05) is 24.6 Å². The molecule has 0 aliphatic heterocycles. The van der Waals surface area contributed by atoms with Crippen LogP contribution in [0.5, 0.6) is 5.88 Å². The predicted molar refractivity (Wildman–Crippen MR) is 78.6 cm³/mol. The SMILES string of the molecule is CCCOc1cc(N(CCN)C(CC)CC)ncn1. The van der Waals surface area contributed by atoms with E-state index in [1.165, 1.54) is 0 Å². The van der Waals surface area contributed by atoms with Crippen LogP contribution in [0, 0.1) is 0 Å². The molecule has 1 aromatic heterocycles. The Labute approximate surface area is 116 Å². The molecule has 5 heteroatoms. The van der Waals surface area contributed by atoms with Gasteiger partial charge < -0.3 is 15.4 Å². The molecule has 0 radical (unpaired) electrons. The highest BCUT2D eigenvalue weighted by atomic mass is 16.5. The molecule has 0 aromatic carbocycles. The maximum absolute atomic E-state index is 5.72. The second-order valence-corrected chi connectivity index (χ2v) is 4.52. The first-order chi connectivity index (χ1) is 9.26. The van der Waals surface area contributed by atoms with Crippen molar-refractivity contribution in [2.24, 2.45) is 5.73 Å². The number of aromatic nitrogens is 2. The van der Waals surface area contributed by atoms with Crippen molar-refractivity contribution in [3.63, 3.8) is 0 Å². The number of nitrogens with zero attached hydrogens (tertiary/aromatic N) is 3. The van der Waals surface area contributed by atoms with Crippen LogP contribution >= 0.6 is 0 Å². The Kier molecular flexibility index (Phi) is 7.18. The summed E-state index contributed by atoms with van der Waals surface area (Å²) in [5.41, 5.74) is 5.72. The van der Waals surface area contributed by atoms with Crippen molar-refractivity contribution in [2.45, 2.75) is 46.1 Å². The third kappa shape index (κ3) is 4.67. The van der Waals surface area contributed by atoms with E-state index in [4.69, 9.17) is 10.5 Å². The van der Waals surface area contributed by atoms with Gasteiger partial charge in [0.05, 0.1) is 6.61 Å². The molecule has 5 nitrogen and oxygen atoms in total. The van der Waals surface area contributed by atoms with Crippen molar-refractivity contribution in [3.8, 4) is 5.88 Å².